The molecule has 1 aliphatic heterocycles. The lowest BCUT2D eigenvalue weighted by Gasteiger charge is -2.48. The van der Waals surface area contributed by atoms with Gasteiger partial charge in [-0.2, -0.15) is 0 Å². The van der Waals surface area contributed by atoms with Gasteiger partial charge < -0.3 is 4.74 Å². The number of ether oxygens (including phenoxy) is 1. The van der Waals surface area contributed by atoms with Crippen molar-refractivity contribution >= 4 is 0 Å². The van der Waals surface area contributed by atoms with Crippen molar-refractivity contribution in [2.45, 2.75) is 64.6 Å². The lowest BCUT2D eigenvalue weighted by Crippen LogP contribution is -2.49. The topological polar surface area (TPSA) is 9.23 Å². The first-order valence-electron chi connectivity index (χ1n) is 5.79. The second-order valence-corrected chi connectivity index (χ2v) is 5.12. The van der Waals surface area contributed by atoms with Gasteiger partial charge in [0.1, 0.15) is 0 Å². The van der Waals surface area contributed by atoms with E-state index in [-0.39, 0.29) is 11.2 Å². The Morgan fingerprint density at radius 1 is 1.50 bits per heavy atom. The third-order valence-corrected chi connectivity index (χ3v) is 3.76. The Kier molecular flexibility index (Phi) is 3.41. The van der Waals surface area contributed by atoms with Gasteiger partial charge in [-0.05, 0) is 39.0 Å². The van der Waals surface area contributed by atoms with Gasteiger partial charge >= 0.3 is 0 Å². The molecule has 1 saturated heterocycles. The summed E-state index contributed by atoms with van der Waals surface area (Å²) in [5.41, 5.74) is -0.0492. The van der Waals surface area contributed by atoms with E-state index >= 15 is 0 Å². The van der Waals surface area contributed by atoms with Crippen LogP contribution in [0.2, 0.25) is 0 Å². The zero-order valence-corrected chi connectivity index (χ0v) is 10.1. The number of rotatable bonds is 3. The quantitative estimate of drug-likeness (QED) is 0.621. The summed E-state index contributed by atoms with van der Waals surface area (Å²) in [6.07, 6.45) is 6.66. The van der Waals surface area contributed by atoms with Crippen molar-refractivity contribution in [3.05, 3.63) is 12.7 Å². The molecule has 0 bridgehead atoms. The summed E-state index contributed by atoms with van der Waals surface area (Å²) < 4.78 is 6.25. The van der Waals surface area contributed by atoms with Gasteiger partial charge in [-0.3, -0.25) is 0 Å². The Labute approximate surface area is 88.5 Å². The molecule has 0 aliphatic carbocycles. The predicted octanol–water partition coefficient (Wildman–Crippen LogP) is 3.94. The fourth-order valence-electron chi connectivity index (χ4n) is 2.43. The zero-order valence-electron chi connectivity index (χ0n) is 10.1. The van der Waals surface area contributed by atoms with Crippen LogP contribution in [-0.2, 0) is 4.74 Å². The van der Waals surface area contributed by atoms with Crippen LogP contribution in [0.1, 0.15) is 53.4 Å². The summed E-state index contributed by atoms with van der Waals surface area (Å²) in [5.74, 6) is 0.662. The van der Waals surface area contributed by atoms with E-state index in [2.05, 4.69) is 34.3 Å². The Bertz CT molecular complexity index is 211. The summed E-state index contributed by atoms with van der Waals surface area (Å²) in [5, 5.41) is 0. The first-order valence-corrected chi connectivity index (χ1v) is 5.79. The lowest BCUT2D eigenvalue weighted by molar-refractivity contribution is -0.180. The van der Waals surface area contributed by atoms with Gasteiger partial charge in [-0.15, -0.1) is 6.58 Å². The second kappa shape index (κ2) is 4.06. The number of hydrogen-bond donors (Lipinski definition) is 0. The van der Waals surface area contributed by atoms with Crippen LogP contribution in [0.5, 0.6) is 0 Å². The van der Waals surface area contributed by atoms with Crippen molar-refractivity contribution in [3.63, 3.8) is 0 Å². The minimum atomic E-state index is -0.101. The van der Waals surface area contributed by atoms with Gasteiger partial charge in [0, 0.05) is 0 Å². The third kappa shape index (κ3) is 2.20. The van der Waals surface area contributed by atoms with Crippen molar-refractivity contribution in [2.24, 2.45) is 5.92 Å². The van der Waals surface area contributed by atoms with E-state index in [1.807, 2.05) is 6.08 Å². The summed E-state index contributed by atoms with van der Waals surface area (Å²) in [4.78, 5) is 0. The highest BCUT2D eigenvalue weighted by Gasteiger charge is 2.42. The summed E-state index contributed by atoms with van der Waals surface area (Å²) in [6.45, 7) is 12.8. The van der Waals surface area contributed by atoms with Gasteiger partial charge in [-0.1, -0.05) is 26.3 Å². The summed E-state index contributed by atoms with van der Waals surface area (Å²) in [7, 11) is 0. The average molecular weight is 196 g/mol. The zero-order chi connectivity index (χ0) is 10.8. The second-order valence-electron chi connectivity index (χ2n) is 5.12. The highest BCUT2D eigenvalue weighted by Crippen LogP contribution is 2.42. The Morgan fingerprint density at radius 2 is 2.14 bits per heavy atom. The van der Waals surface area contributed by atoms with Crippen molar-refractivity contribution in [1.82, 2.24) is 0 Å². The molecule has 0 aromatic rings. The van der Waals surface area contributed by atoms with Gasteiger partial charge in [0.05, 0.1) is 11.2 Å². The summed E-state index contributed by atoms with van der Waals surface area (Å²) in [6, 6.07) is 0. The van der Waals surface area contributed by atoms with Crippen molar-refractivity contribution in [2.75, 3.05) is 0 Å². The molecule has 0 N–H and O–H groups in total. The van der Waals surface area contributed by atoms with Crippen LogP contribution in [0.25, 0.3) is 0 Å². The predicted molar refractivity (Wildman–Crippen MR) is 61.4 cm³/mol. The Morgan fingerprint density at radius 3 is 2.64 bits per heavy atom. The fraction of sp³-hybridized carbons (Fsp3) is 0.846. The van der Waals surface area contributed by atoms with E-state index in [1.54, 1.807) is 0 Å². The van der Waals surface area contributed by atoms with E-state index in [1.165, 1.54) is 12.8 Å². The standard InChI is InChI=1S/C13H24O/c1-6-9-13(5)11(3)8-10-12(4,7-2)14-13/h7,11H,2,6,8-10H2,1,3-5H3. The largest absolute Gasteiger partial charge is 0.365 e. The fourth-order valence-corrected chi connectivity index (χ4v) is 2.43. The molecule has 1 rings (SSSR count). The Hall–Kier alpha value is -0.300. The highest BCUT2D eigenvalue weighted by atomic mass is 16.5. The minimum Gasteiger partial charge on any atom is -0.365 e. The maximum atomic E-state index is 6.25. The molecule has 1 nitrogen and oxygen atoms in total. The third-order valence-electron chi connectivity index (χ3n) is 3.76. The average Bonchev–Trinajstić information content (AvgIpc) is 2.13. The van der Waals surface area contributed by atoms with Gasteiger partial charge in [0.2, 0.25) is 0 Å². The molecule has 14 heavy (non-hydrogen) atoms. The first-order chi connectivity index (χ1) is 6.46. The maximum absolute atomic E-state index is 6.25. The van der Waals surface area contributed by atoms with Crippen LogP contribution >= 0.6 is 0 Å². The normalized spacial score (nSPS) is 43.6. The SMILES string of the molecule is C=CC1(C)CCC(C)C(C)(CCC)O1. The van der Waals surface area contributed by atoms with E-state index in [0.29, 0.717) is 5.92 Å². The molecule has 1 aliphatic rings. The first kappa shape index (κ1) is 11.8. The van der Waals surface area contributed by atoms with Crippen molar-refractivity contribution in [3.8, 4) is 0 Å². The molecule has 0 aromatic carbocycles. The van der Waals surface area contributed by atoms with E-state index < -0.39 is 0 Å². The van der Waals surface area contributed by atoms with Crippen LogP contribution in [0, 0.1) is 5.92 Å². The molecular formula is C13H24O. The molecule has 1 heteroatoms. The number of hydrogen-bond acceptors (Lipinski definition) is 1. The van der Waals surface area contributed by atoms with Gasteiger partial charge in [0.15, 0.2) is 0 Å². The molecule has 0 radical (unpaired) electrons. The minimum absolute atomic E-state index is 0.0515. The maximum Gasteiger partial charge on any atom is 0.0839 e. The molecule has 0 spiro atoms. The molecular weight excluding hydrogens is 172 g/mol. The molecule has 0 amide bonds. The van der Waals surface area contributed by atoms with Gasteiger partial charge in [-0.25, -0.2) is 0 Å². The van der Waals surface area contributed by atoms with E-state index in [9.17, 15) is 0 Å². The van der Waals surface area contributed by atoms with Crippen LogP contribution in [0.15, 0.2) is 12.7 Å². The van der Waals surface area contributed by atoms with Crippen LogP contribution in [-0.4, -0.2) is 11.2 Å². The molecule has 3 unspecified atom stereocenters. The molecule has 82 valence electrons. The van der Waals surface area contributed by atoms with E-state index in [4.69, 9.17) is 4.74 Å². The van der Waals surface area contributed by atoms with E-state index in [0.717, 1.165) is 12.8 Å². The highest BCUT2D eigenvalue weighted by molar-refractivity contribution is 5.01. The van der Waals surface area contributed by atoms with Crippen LogP contribution in [0.4, 0.5) is 0 Å². The van der Waals surface area contributed by atoms with Crippen LogP contribution in [0.3, 0.4) is 0 Å². The molecule has 3 atom stereocenters. The van der Waals surface area contributed by atoms with Gasteiger partial charge in [0.25, 0.3) is 0 Å². The van der Waals surface area contributed by atoms with Crippen molar-refractivity contribution in [1.29, 1.82) is 0 Å². The smallest absolute Gasteiger partial charge is 0.0839 e. The molecule has 0 aromatic heterocycles. The lowest BCUT2D eigenvalue weighted by atomic mass is 9.77. The van der Waals surface area contributed by atoms with Crippen molar-refractivity contribution < 1.29 is 4.74 Å². The molecule has 0 saturated carbocycles. The van der Waals surface area contributed by atoms with Crippen LogP contribution < -0.4 is 0 Å². The molecule has 1 fully saturated rings. The molecule has 1 heterocycles. The summed E-state index contributed by atoms with van der Waals surface area (Å²) >= 11 is 0. The monoisotopic (exact) mass is 196 g/mol. The Balaban J connectivity index is 2.77.